The van der Waals surface area contributed by atoms with Crippen molar-refractivity contribution in [3.63, 3.8) is 0 Å². The number of hydrogen-bond acceptors (Lipinski definition) is 1. The molecule has 0 spiro atoms. The van der Waals surface area contributed by atoms with Crippen LogP contribution in [0.3, 0.4) is 0 Å². The van der Waals surface area contributed by atoms with E-state index in [4.69, 9.17) is 11.6 Å². The molecule has 1 atom stereocenters. The van der Waals surface area contributed by atoms with Crippen LogP contribution in [0.25, 0.3) is 0 Å². The highest BCUT2D eigenvalue weighted by Gasteiger charge is 2.31. The van der Waals surface area contributed by atoms with E-state index in [1.165, 1.54) is 6.07 Å². The molecule has 0 saturated heterocycles. The van der Waals surface area contributed by atoms with Crippen molar-refractivity contribution in [2.24, 2.45) is 5.92 Å². The minimum atomic E-state index is -4.45. The maximum absolute atomic E-state index is 12.5. The molecule has 2 nitrogen and oxygen atoms in total. The van der Waals surface area contributed by atoms with Crippen LogP contribution in [0.1, 0.15) is 12.5 Å². The van der Waals surface area contributed by atoms with Crippen LogP contribution in [0.4, 0.5) is 18.9 Å². The molecule has 0 saturated carbocycles. The summed E-state index contributed by atoms with van der Waals surface area (Å²) in [5, 5.41) is 2.40. The Bertz CT molecular complexity index is 450. The molecule has 1 N–H and O–H groups in total. The van der Waals surface area contributed by atoms with E-state index in [1.54, 1.807) is 6.92 Å². The Balaban J connectivity index is 2.99. The van der Waals surface area contributed by atoms with Crippen LogP contribution >= 0.6 is 27.5 Å². The van der Waals surface area contributed by atoms with Gasteiger partial charge in [0, 0.05) is 16.3 Å². The van der Waals surface area contributed by atoms with Gasteiger partial charge >= 0.3 is 6.18 Å². The first-order chi connectivity index (χ1) is 8.25. The van der Waals surface area contributed by atoms with Crippen molar-refractivity contribution in [1.29, 1.82) is 0 Å². The van der Waals surface area contributed by atoms with Gasteiger partial charge in [0.1, 0.15) is 0 Å². The summed E-state index contributed by atoms with van der Waals surface area (Å²) in [5.74, 6) is -0.805. The van der Waals surface area contributed by atoms with Crippen molar-refractivity contribution in [3.8, 4) is 0 Å². The lowest BCUT2D eigenvalue weighted by molar-refractivity contribution is -0.137. The van der Waals surface area contributed by atoms with Crippen LogP contribution in [0.5, 0.6) is 0 Å². The standard InChI is InChI=1S/C11H10BrClF3NO/c1-6(5-13)10(18)17-9-4-7(11(14,15)16)2-3-8(9)12/h2-4,6H,5H2,1H3,(H,17,18). The summed E-state index contributed by atoms with van der Waals surface area (Å²) in [6.07, 6.45) is -4.45. The third kappa shape index (κ3) is 3.88. The molecule has 1 unspecified atom stereocenters. The molecule has 18 heavy (non-hydrogen) atoms. The van der Waals surface area contributed by atoms with Crippen LogP contribution in [0.15, 0.2) is 22.7 Å². The molecule has 7 heteroatoms. The van der Waals surface area contributed by atoms with E-state index in [-0.39, 0.29) is 11.6 Å². The first-order valence-electron chi connectivity index (χ1n) is 4.99. The van der Waals surface area contributed by atoms with Crippen molar-refractivity contribution in [3.05, 3.63) is 28.2 Å². The van der Waals surface area contributed by atoms with Crippen LogP contribution in [-0.2, 0) is 11.0 Å². The van der Waals surface area contributed by atoms with Crippen molar-refractivity contribution < 1.29 is 18.0 Å². The first-order valence-corrected chi connectivity index (χ1v) is 6.32. The predicted octanol–water partition coefficient (Wildman–Crippen LogP) is 4.28. The minimum absolute atomic E-state index is 0.0757. The number of carbonyl (C=O) groups excluding carboxylic acids is 1. The van der Waals surface area contributed by atoms with Gasteiger partial charge in [0.25, 0.3) is 0 Å². The normalized spacial score (nSPS) is 13.2. The van der Waals surface area contributed by atoms with Crippen molar-refractivity contribution >= 4 is 39.1 Å². The van der Waals surface area contributed by atoms with Crippen molar-refractivity contribution in [2.45, 2.75) is 13.1 Å². The second kappa shape index (κ2) is 5.93. The minimum Gasteiger partial charge on any atom is -0.325 e. The lowest BCUT2D eigenvalue weighted by atomic mass is 10.1. The van der Waals surface area contributed by atoms with Gasteiger partial charge in [-0.2, -0.15) is 13.2 Å². The first kappa shape index (κ1) is 15.3. The summed E-state index contributed by atoms with van der Waals surface area (Å²) < 4.78 is 37.9. The molecule has 1 rings (SSSR count). The Morgan fingerprint density at radius 2 is 2.11 bits per heavy atom. The average molecular weight is 345 g/mol. The number of alkyl halides is 4. The van der Waals surface area contributed by atoms with Gasteiger partial charge in [-0.15, -0.1) is 11.6 Å². The summed E-state index contributed by atoms with van der Waals surface area (Å²) in [7, 11) is 0. The number of rotatable bonds is 3. The Hall–Kier alpha value is -0.750. The maximum Gasteiger partial charge on any atom is 0.416 e. The number of carbonyl (C=O) groups is 1. The molecular weight excluding hydrogens is 334 g/mol. The molecule has 0 fully saturated rings. The topological polar surface area (TPSA) is 29.1 Å². The maximum atomic E-state index is 12.5. The highest BCUT2D eigenvalue weighted by atomic mass is 79.9. The molecule has 0 aromatic heterocycles. The fraction of sp³-hybridized carbons (Fsp3) is 0.364. The smallest absolute Gasteiger partial charge is 0.325 e. The third-order valence-corrected chi connectivity index (χ3v) is 3.39. The monoisotopic (exact) mass is 343 g/mol. The second-order valence-electron chi connectivity index (χ2n) is 3.74. The van der Waals surface area contributed by atoms with Crippen LogP contribution in [0, 0.1) is 5.92 Å². The largest absolute Gasteiger partial charge is 0.416 e. The number of hydrogen-bond donors (Lipinski definition) is 1. The van der Waals surface area contributed by atoms with E-state index in [1.807, 2.05) is 0 Å². The second-order valence-corrected chi connectivity index (χ2v) is 4.90. The predicted molar refractivity (Wildman–Crippen MR) is 67.7 cm³/mol. The summed E-state index contributed by atoms with van der Waals surface area (Å²) in [6.45, 7) is 1.59. The Morgan fingerprint density at radius 1 is 1.50 bits per heavy atom. The van der Waals surface area contributed by atoms with Gasteiger partial charge in [-0.1, -0.05) is 6.92 Å². The average Bonchev–Trinajstić information content (AvgIpc) is 2.29. The van der Waals surface area contributed by atoms with E-state index < -0.39 is 23.6 Å². The van der Waals surface area contributed by atoms with E-state index in [2.05, 4.69) is 21.2 Å². The molecule has 0 radical (unpaired) electrons. The Kier molecular flexibility index (Phi) is 5.04. The zero-order valence-corrected chi connectivity index (χ0v) is 11.7. The molecule has 0 heterocycles. The van der Waals surface area contributed by atoms with Crippen molar-refractivity contribution in [1.82, 2.24) is 0 Å². The number of anilines is 1. The molecule has 1 aromatic rings. The van der Waals surface area contributed by atoms with E-state index >= 15 is 0 Å². The van der Waals surface area contributed by atoms with Gasteiger partial charge in [-0.3, -0.25) is 4.79 Å². The zero-order chi connectivity index (χ0) is 13.9. The van der Waals surface area contributed by atoms with E-state index in [0.29, 0.717) is 4.47 Å². The highest BCUT2D eigenvalue weighted by Crippen LogP contribution is 2.34. The number of halogens is 5. The molecule has 0 aliphatic rings. The molecule has 0 aliphatic heterocycles. The highest BCUT2D eigenvalue weighted by molar-refractivity contribution is 9.10. The summed E-state index contributed by atoms with van der Waals surface area (Å²) in [4.78, 5) is 11.6. The van der Waals surface area contributed by atoms with E-state index in [9.17, 15) is 18.0 Å². The quantitative estimate of drug-likeness (QED) is 0.815. The van der Waals surface area contributed by atoms with Crippen LogP contribution in [0.2, 0.25) is 0 Å². The number of nitrogens with one attached hydrogen (secondary N) is 1. The fourth-order valence-corrected chi connectivity index (χ4v) is 1.61. The summed E-state index contributed by atoms with van der Waals surface area (Å²) >= 11 is 8.59. The molecule has 100 valence electrons. The molecule has 0 bridgehead atoms. The molecule has 1 amide bonds. The van der Waals surface area contributed by atoms with Gasteiger partial charge in [-0.05, 0) is 34.1 Å². The molecule has 1 aromatic carbocycles. The molecule has 0 aliphatic carbocycles. The summed E-state index contributed by atoms with van der Waals surface area (Å²) in [5.41, 5.74) is -0.744. The fourth-order valence-electron chi connectivity index (χ4n) is 1.12. The number of benzene rings is 1. The van der Waals surface area contributed by atoms with Gasteiger partial charge in [0.05, 0.1) is 11.3 Å². The van der Waals surface area contributed by atoms with Crippen molar-refractivity contribution in [2.75, 3.05) is 11.2 Å². The van der Waals surface area contributed by atoms with Gasteiger partial charge in [0.2, 0.25) is 5.91 Å². The zero-order valence-electron chi connectivity index (χ0n) is 9.31. The SMILES string of the molecule is CC(CCl)C(=O)Nc1cc(C(F)(F)F)ccc1Br. The number of amides is 1. The lowest BCUT2D eigenvalue weighted by Crippen LogP contribution is -2.22. The third-order valence-electron chi connectivity index (χ3n) is 2.23. The summed E-state index contributed by atoms with van der Waals surface area (Å²) in [6, 6.07) is 3.05. The lowest BCUT2D eigenvalue weighted by Gasteiger charge is -2.13. The van der Waals surface area contributed by atoms with Gasteiger partial charge in [-0.25, -0.2) is 0 Å². The van der Waals surface area contributed by atoms with Crippen LogP contribution < -0.4 is 5.32 Å². The van der Waals surface area contributed by atoms with Gasteiger partial charge in [0.15, 0.2) is 0 Å². The van der Waals surface area contributed by atoms with E-state index in [0.717, 1.165) is 12.1 Å². The van der Waals surface area contributed by atoms with Crippen LogP contribution in [-0.4, -0.2) is 11.8 Å². The van der Waals surface area contributed by atoms with Gasteiger partial charge < -0.3 is 5.32 Å². The molecular formula is C11H10BrClF3NO. The Morgan fingerprint density at radius 3 is 2.61 bits per heavy atom. The Labute approximate surface area is 116 Å².